The van der Waals surface area contributed by atoms with E-state index in [0.29, 0.717) is 29.6 Å². The molecule has 1 saturated heterocycles. The van der Waals surface area contributed by atoms with Gasteiger partial charge in [-0.15, -0.1) is 0 Å². The fraction of sp³-hybridized carbons (Fsp3) is 0.862. The lowest BCUT2D eigenvalue weighted by molar-refractivity contribution is -0.497. The molecule has 0 aromatic carbocycles. The molecule has 6 rings (SSSR count). The van der Waals surface area contributed by atoms with Crippen LogP contribution in [0.5, 0.6) is 0 Å². The van der Waals surface area contributed by atoms with E-state index < -0.39 is 5.60 Å². The monoisotopic (exact) mass is 442 g/mol. The van der Waals surface area contributed by atoms with Crippen molar-refractivity contribution in [3.63, 3.8) is 0 Å². The third-order valence-electron chi connectivity index (χ3n) is 11.4. The summed E-state index contributed by atoms with van der Waals surface area (Å²) in [4.78, 5) is 12.8. The largest absolute Gasteiger partial charge is 0.393 e. The molecule has 0 aromatic heterocycles. The molecule has 9 atom stereocenters. The summed E-state index contributed by atoms with van der Waals surface area (Å²) >= 11 is 0. The number of hydrogen-bond donors (Lipinski definition) is 1. The molecule has 0 amide bonds. The Morgan fingerprint density at radius 1 is 1.03 bits per heavy atom. The fourth-order valence-corrected chi connectivity index (χ4v) is 9.44. The first-order chi connectivity index (χ1) is 15.1. The summed E-state index contributed by atoms with van der Waals surface area (Å²) in [5, 5.41) is 10.4. The minimum absolute atomic E-state index is 0.0718. The zero-order valence-electron chi connectivity index (χ0n) is 21.3. The zero-order chi connectivity index (χ0) is 22.9. The second kappa shape index (κ2) is 7.68. The van der Waals surface area contributed by atoms with E-state index >= 15 is 0 Å². The van der Waals surface area contributed by atoms with Gasteiger partial charge in [-0.25, -0.2) is 9.78 Å². The highest BCUT2D eigenvalue weighted by atomic mass is 17.2. The molecule has 6 aliphatic rings. The summed E-state index contributed by atoms with van der Waals surface area (Å²) in [6, 6.07) is 0. The van der Waals surface area contributed by atoms with Crippen LogP contribution in [-0.2, 0) is 9.78 Å². The van der Waals surface area contributed by atoms with Gasteiger partial charge in [-0.3, -0.25) is 0 Å². The molecule has 0 aromatic rings. The summed E-state index contributed by atoms with van der Waals surface area (Å²) < 4.78 is 0. The molecule has 2 aliphatic heterocycles. The minimum atomic E-state index is -0.435. The Hall–Kier alpha value is -0.640. The van der Waals surface area contributed by atoms with E-state index in [1.807, 2.05) is 0 Å². The third-order valence-corrected chi connectivity index (χ3v) is 11.4. The van der Waals surface area contributed by atoms with Crippen molar-refractivity contribution in [1.29, 1.82) is 0 Å². The molecule has 2 bridgehead atoms. The number of fused-ring (bicyclic) bond motifs is 2. The topological polar surface area (TPSA) is 38.7 Å². The van der Waals surface area contributed by atoms with Crippen LogP contribution in [0.1, 0.15) is 99.3 Å². The highest BCUT2D eigenvalue weighted by Gasteiger charge is 2.74. The molecule has 32 heavy (non-hydrogen) atoms. The van der Waals surface area contributed by atoms with Crippen LogP contribution in [0.2, 0.25) is 0 Å². The van der Waals surface area contributed by atoms with Gasteiger partial charge in [0.25, 0.3) is 0 Å². The molecule has 2 heterocycles. The van der Waals surface area contributed by atoms with Gasteiger partial charge in [-0.05, 0) is 87.5 Å². The molecular weight excluding hydrogens is 396 g/mol. The maximum Gasteiger partial charge on any atom is 0.130 e. The van der Waals surface area contributed by atoms with Gasteiger partial charge in [0.05, 0.1) is 6.10 Å². The molecule has 4 fully saturated rings. The van der Waals surface area contributed by atoms with Crippen molar-refractivity contribution in [2.75, 3.05) is 0 Å². The fourth-order valence-electron chi connectivity index (χ4n) is 9.44. The summed E-state index contributed by atoms with van der Waals surface area (Å²) in [7, 11) is 0. The standard InChI is InChI=1S/C29H46O3/c1-7-21(19(2)3)9-8-20(4)23-10-11-24-26(23,5)14-13-25-27(6)15-12-22(30)18-28(27)16-17-29(24,25)32-31-28/h7,16-17,19-20,22-25,30H,8-15,18H2,1-6H3/b21-7-/t20-,22+,23-,24+,25-,26-,27-,28-,29+/m1/s1. The van der Waals surface area contributed by atoms with Crippen molar-refractivity contribution < 1.29 is 14.9 Å². The normalized spacial score (nSPS) is 50.8. The van der Waals surface area contributed by atoms with E-state index in [1.165, 1.54) is 38.5 Å². The van der Waals surface area contributed by atoms with Crippen LogP contribution < -0.4 is 0 Å². The number of rotatable bonds is 5. The first kappa shape index (κ1) is 23.1. The molecule has 2 spiro atoms. The van der Waals surface area contributed by atoms with E-state index in [4.69, 9.17) is 9.78 Å². The number of allylic oxidation sites excluding steroid dienone is 2. The van der Waals surface area contributed by atoms with Gasteiger partial charge in [0.1, 0.15) is 11.2 Å². The van der Waals surface area contributed by atoms with Crippen LogP contribution in [0.15, 0.2) is 23.8 Å². The van der Waals surface area contributed by atoms with E-state index in [1.54, 1.807) is 5.57 Å². The SMILES string of the molecule is C/C=C(/CC[C@@H](C)[C@H]1CC[C@H]2[C@]1(C)CC[C@H]1[C@]23C=C[C@]2(C[C@@H](O)CC[C@]12C)OO3)C(C)C. The first-order valence-electron chi connectivity index (χ1n) is 13.5. The molecule has 0 unspecified atom stereocenters. The molecule has 3 saturated carbocycles. The second-order valence-corrected chi connectivity index (χ2v) is 12.9. The summed E-state index contributed by atoms with van der Waals surface area (Å²) in [6.07, 6.45) is 17.1. The zero-order valence-corrected chi connectivity index (χ0v) is 21.3. The Balaban J connectivity index is 1.41. The molecular formula is C29H46O3. The van der Waals surface area contributed by atoms with Gasteiger partial charge < -0.3 is 5.11 Å². The quantitative estimate of drug-likeness (QED) is 0.368. The van der Waals surface area contributed by atoms with Crippen molar-refractivity contribution in [3.8, 4) is 0 Å². The molecule has 3 nitrogen and oxygen atoms in total. The number of aliphatic hydroxyl groups excluding tert-OH is 1. The van der Waals surface area contributed by atoms with E-state index in [0.717, 1.165) is 24.7 Å². The predicted octanol–water partition coefficient (Wildman–Crippen LogP) is 7.01. The summed E-state index contributed by atoms with van der Waals surface area (Å²) in [6.45, 7) is 14.4. The van der Waals surface area contributed by atoms with Crippen LogP contribution in [0.3, 0.4) is 0 Å². The first-order valence-corrected chi connectivity index (χ1v) is 13.5. The second-order valence-electron chi connectivity index (χ2n) is 12.9. The summed E-state index contributed by atoms with van der Waals surface area (Å²) in [5.41, 5.74) is 1.30. The predicted molar refractivity (Wildman–Crippen MR) is 129 cm³/mol. The van der Waals surface area contributed by atoms with Crippen LogP contribution in [0.25, 0.3) is 0 Å². The lowest BCUT2D eigenvalue weighted by Crippen LogP contribution is -2.73. The van der Waals surface area contributed by atoms with Crippen molar-refractivity contribution in [2.24, 2.45) is 40.4 Å². The number of aliphatic hydroxyl groups is 1. The van der Waals surface area contributed by atoms with Gasteiger partial charge in [-0.2, -0.15) is 0 Å². The van der Waals surface area contributed by atoms with Crippen molar-refractivity contribution in [2.45, 2.75) is 117 Å². The van der Waals surface area contributed by atoms with Crippen molar-refractivity contribution in [1.82, 2.24) is 0 Å². The Morgan fingerprint density at radius 3 is 2.47 bits per heavy atom. The van der Waals surface area contributed by atoms with Gasteiger partial charge in [-0.1, -0.05) is 52.3 Å². The van der Waals surface area contributed by atoms with E-state index in [-0.39, 0.29) is 17.1 Å². The van der Waals surface area contributed by atoms with Gasteiger partial charge >= 0.3 is 0 Å². The maximum absolute atomic E-state index is 10.4. The Labute approximate surface area is 195 Å². The van der Waals surface area contributed by atoms with Crippen molar-refractivity contribution >= 4 is 0 Å². The van der Waals surface area contributed by atoms with E-state index in [9.17, 15) is 5.11 Å². The average molecular weight is 443 g/mol. The average Bonchev–Trinajstić information content (AvgIpc) is 3.12. The Bertz CT molecular complexity index is 800. The van der Waals surface area contributed by atoms with E-state index in [2.05, 4.69) is 59.8 Å². The van der Waals surface area contributed by atoms with Crippen molar-refractivity contribution in [3.05, 3.63) is 23.8 Å². The molecule has 0 radical (unpaired) electrons. The molecule has 1 N–H and O–H groups in total. The lowest BCUT2D eigenvalue weighted by atomic mass is 9.42. The lowest BCUT2D eigenvalue weighted by Gasteiger charge is -2.69. The van der Waals surface area contributed by atoms with Crippen LogP contribution in [0, 0.1) is 40.4 Å². The Kier molecular flexibility index (Phi) is 5.55. The molecule has 180 valence electrons. The maximum atomic E-state index is 10.4. The molecule has 4 aliphatic carbocycles. The third kappa shape index (κ3) is 2.96. The van der Waals surface area contributed by atoms with Crippen LogP contribution >= 0.6 is 0 Å². The van der Waals surface area contributed by atoms with Crippen LogP contribution in [0.4, 0.5) is 0 Å². The van der Waals surface area contributed by atoms with Crippen LogP contribution in [-0.4, -0.2) is 22.4 Å². The minimum Gasteiger partial charge on any atom is -0.393 e. The highest BCUT2D eigenvalue weighted by Crippen LogP contribution is 2.72. The highest BCUT2D eigenvalue weighted by molar-refractivity contribution is 5.33. The van der Waals surface area contributed by atoms with Gasteiger partial charge in [0.15, 0.2) is 0 Å². The van der Waals surface area contributed by atoms with Gasteiger partial charge in [0.2, 0.25) is 0 Å². The smallest absolute Gasteiger partial charge is 0.130 e. The van der Waals surface area contributed by atoms with Gasteiger partial charge in [0, 0.05) is 23.7 Å². The number of hydrogen-bond acceptors (Lipinski definition) is 3. The Morgan fingerprint density at radius 2 is 1.81 bits per heavy atom. The summed E-state index contributed by atoms with van der Waals surface area (Å²) in [5.74, 6) is 3.20. The molecule has 3 heteroatoms.